The van der Waals surface area contributed by atoms with E-state index in [1.165, 1.54) is 0 Å². The van der Waals surface area contributed by atoms with Crippen LogP contribution in [0.4, 0.5) is 5.69 Å². The first-order valence-electron chi connectivity index (χ1n) is 6.30. The lowest BCUT2D eigenvalue weighted by molar-refractivity contribution is -0.118. The van der Waals surface area contributed by atoms with Gasteiger partial charge in [-0.1, -0.05) is 0 Å². The van der Waals surface area contributed by atoms with Crippen LogP contribution in [-0.2, 0) is 4.79 Å². The number of amides is 1. The van der Waals surface area contributed by atoms with Crippen LogP contribution in [0.15, 0.2) is 18.2 Å². The Morgan fingerprint density at radius 3 is 2.72 bits per heavy atom. The topological polar surface area (TPSA) is 55.6 Å². The van der Waals surface area contributed by atoms with E-state index < -0.39 is 0 Å². The second kappa shape index (κ2) is 7.01. The van der Waals surface area contributed by atoms with Gasteiger partial charge in [0, 0.05) is 19.2 Å². The standard InChI is InChI=1S/C14H22N2O2/c1-4-18-13-8-7-12(10-11(13)2)16(3)14(17)6-5-9-15/h7-8,10H,4-6,9,15H2,1-3H3. The summed E-state index contributed by atoms with van der Waals surface area (Å²) >= 11 is 0. The van der Waals surface area contributed by atoms with Crippen molar-refractivity contribution in [2.45, 2.75) is 26.7 Å². The lowest BCUT2D eigenvalue weighted by atomic mass is 10.1. The fourth-order valence-corrected chi connectivity index (χ4v) is 1.72. The number of carbonyl (C=O) groups excluding carboxylic acids is 1. The van der Waals surface area contributed by atoms with Crippen molar-refractivity contribution in [1.29, 1.82) is 0 Å². The quantitative estimate of drug-likeness (QED) is 0.841. The summed E-state index contributed by atoms with van der Waals surface area (Å²) in [6.45, 7) is 5.12. The molecule has 100 valence electrons. The zero-order valence-corrected chi connectivity index (χ0v) is 11.4. The normalized spacial score (nSPS) is 10.2. The molecule has 0 aromatic heterocycles. The molecule has 0 aliphatic carbocycles. The number of nitrogens with two attached hydrogens (primary N) is 1. The van der Waals surface area contributed by atoms with E-state index >= 15 is 0 Å². The van der Waals surface area contributed by atoms with Gasteiger partial charge in [-0.2, -0.15) is 0 Å². The van der Waals surface area contributed by atoms with Crippen molar-refractivity contribution in [2.24, 2.45) is 5.73 Å². The summed E-state index contributed by atoms with van der Waals surface area (Å²) in [6, 6.07) is 5.77. The number of aryl methyl sites for hydroxylation is 1. The third-order valence-electron chi connectivity index (χ3n) is 2.81. The lowest BCUT2D eigenvalue weighted by Crippen LogP contribution is -2.26. The molecule has 18 heavy (non-hydrogen) atoms. The van der Waals surface area contributed by atoms with E-state index in [0.717, 1.165) is 23.4 Å². The van der Waals surface area contributed by atoms with Gasteiger partial charge >= 0.3 is 0 Å². The highest BCUT2D eigenvalue weighted by atomic mass is 16.5. The second-order valence-corrected chi connectivity index (χ2v) is 4.23. The maximum absolute atomic E-state index is 11.9. The SMILES string of the molecule is CCOc1ccc(N(C)C(=O)CCCN)cc1C. The first-order valence-corrected chi connectivity index (χ1v) is 6.30. The van der Waals surface area contributed by atoms with Crippen molar-refractivity contribution in [2.75, 3.05) is 25.1 Å². The van der Waals surface area contributed by atoms with Gasteiger partial charge in [0.05, 0.1) is 6.61 Å². The predicted octanol–water partition coefficient (Wildman–Crippen LogP) is 2.10. The van der Waals surface area contributed by atoms with E-state index in [1.807, 2.05) is 32.0 Å². The first-order chi connectivity index (χ1) is 8.60. The number of rotatable bonds is 6. The Labute approximate surface area is 109 Å². The van der Waals surface area contributed by atoms with Crippen LogP contribution in [-0.4, -0.2) is 26.1 Å². The number of hydrogen-bond donors (Lipinski definition) is 1. The molecule has 0 bridgehead atoms. The molecule has 1 rings (SSSR count). The molecule has 0 heterocycles. The molecule has 0 atom stereocenters. The number of benzene rings is 1. The van der Waals surface area contributed by atoms with Gasteiger partial charge in [-0.05, 0) is 50.6 Å². The molecule has 0 fully saturated rings. The second-order valence-electron chi connectivity index (χ2n) is 4.23. The molecule has 2 N–H and O–H groups in total. The van der Waals surface area contributed by atoms with E-state index in [0.29, 0.717) is 19.6 Å². The van der Waals surface area contributed by atoms with Crippen LogP contribution in [0.1, 0.15) is 25.3 Å². The third kappa shape index (κ3) is 3.74. The molecule has 0 aliphatic heterocycles. The number of hydrogen-bond acceptors (Lipinski definition) is 3. The fraction of sp³-hybridized carbons (Fsp3) is 0.500. The predicted molar refractivity (Wildman–Crippen MR) is 74.0 cm³/mol. The smallest absolute Gasteiger partial charge is 0.226 e. The molecule has 0 radical (unpaired) electrons. The highest BCUT2D eigenvalue weighted by Crippen LogP contribution is 2.24. The average Bonchev–Trinajstić information content (AvgIpc) is 2.37. The van der Waals surface area contributed by atoms with Crippen LogP contribution < -0.4 is 15.4 Å². The number of nitrogens with zero attached hydrogens (tertiary/aromatic N) is 1. The van der Waals surface area contributed by atoms with Crippen molar-refractivity contribution >= 4 is 11.6 Å². The molecule has 4 heteroatoms. The molecule has 1 aromatic rings. The Kier molecular flexibility index (Phi) is 5.65. The van der Waals surface area contributed by atoms with Gasteiger partial charge in [-0.25, -0.2) is 0 Å². The van der Waals surface area contributed by atoms with Crippen LogP contribution >= 0.6 is 0 Å². The molecule has 0 saturated carbocycles. The summed E-state index contributed by atoms with van der Waals surface area (Å²) in [6.07, 6.45) is 1.21. The van der Waals surface area contributed by atoms with Gasteiger partial charge in [-0.3, -0.25) is 4.79 Å². The maximum Gasteiger partial charge on any atom is 0.226 e. The maximum atomic E-state index is 11.9. The Bertz CT molecular complexity index is 405. The molecule has 0 saturated heterocycles. The van der Waals surface area contributed by atoms with Gasteiger partial charge in [0.25, 0.3) is 0 Å². The molecule has 0 aliphatic rings. The van der Waals surface area contributed by atoms with Gasteiger partial charge < -0.3 is 15.4 Å². The Balaban J connectivity index is 2.77. The van der Waals surface area contributed by atoms with E-state index in [-0.39, 0.29) is 5.91 Å². The third-order valence-corrected chi connectivity index (χ3v) is 2.81. The highest BCUT2D eigenvalue weighted by molar-refractivity contribution is 5.92. The highest BCUT2D eigenvalue weighted by Gasteiger charge is 2.11. The monoisotopic (exact) mass is 250 g/mol. The van der Waals surface area contributed by atoms with E-state index in [9.17, 15) is 4.79 Å². The van der Waals surface area contributed by atoms with Crippen LogP contribution in [0.5, 0.6) is 5.75 Å². The van der Waals surface area contributed by atoms with Crippen LogP contribution in [0.25, 0.3) is 0 Å². The van der Waals surface area contributed by atoms with Gasteiger partial charge in [0.1, 0.15) is 5.75 Å². The van der Waals surface area contributed by atoms with Crippen molar-refractivity contribution in [1.82, 2.24) is 0 Å². The zero-order chi connectivity index (χ0) is 13.5. The minimum absolute atomic E-state index is 0.0870. The summed E-state index contributed by atoms with van der Waals surface area (Å²) < 4.78 is 5.48. The largest absolute Gasteiger partial charge is 0.494 e. The molecule has 4 nitrogen and oxygen atoms in total. The Hall–Kier alpha value is -1.55. The summed E-state index contributed by atoms with van der Waals surface area (Å²) in [5.74, 6) is 0.952. The lowest BCUT2D eigenvalue weighted by Gasteiger charge is -2.18. The van der Waals surface area contributed by atoms with Gasteiger partial charge in [0.2, 0.25) is 5.91 Å². The van der Waals surface area contributed by atoms with Crippen molar-refractivity contribution in [3.63, 3.8) is 0 Å². The summed E-state index contributed by atoms with van der Waals surface area (Å²) in [5.41, 5.74) is 7.33. The van der Waals surface area contributed by atoms with E-state index in [2.05, 4.69) is 0 Å². The average molecular weight is 250 g/mol. The van der Waals surface area contributed by atoms with Crippen LogP contribution in [0.2, 0.25) is 0 Å². The minimum atomic E-state index is 0.0870. The summed E-state index contributed by atoms with van der Waals surface area (Å²) in [4.78, 5) is 13.5. The Morgan fingerprint density at radius 2 is 2.17 bits per heavy atom. The van der Waals surface area contributed by atoms with Crippen LogP contribution in [0, 0.1) is 6.92 Å². The minimum Gasteiger partial charge on any atom is -0.494 e. The molecule has 0 spiro atoms. The van der Waals surface area contributed by atoms with Gasteiger partial charge in [0.15, 0.2) is 0 Å². The van der Waals surface area contributed by atoms with Gasteiger partial charge in [-0.15, -0.1) is 0 Å². The number of anilines is 1. The van der Waals surface area contributed by atoms with Crippen molar-refractivity contribution in [3.8, 4) is 5.75 Å². The van der Waals surface area contributed by atoms with Crippen molar-refractivity contribution < 1.29 is 9.53 Å². The fourth-order valence-electron chi connectivity index (χ4n) is 1.72. The molecular formula is C14H22N2O2. The molecule has 0 unspecified atom stereocenters. The summed E-state index contributed by atoms with van der Waals surface area (Å²) in [7, 11) is 1.79. The zero-order valence-electron chi connectivity index (χ0n) is 11.4. The van der Waals surface area contributed by atoms with Crippen LogP contribution in [0.3, 0.4) is 0 Å². The summed E-state index contributed by atoms with van der Waals surface area (Å²) in [5, 5.41) is 0. The molecule has 1 amide bonds. The number of ether oxygens (including phenoxy) is 1. The molecular weight excluding hydrogens is 228 g/mol. The van der Waals surface area contributed by atoms with E-state index in [1.54, 1.807) is 11.9 Å². The van der Waals surface area contributed by atoms with Crippen molar-refractivity contribution in [3.05, 3.63) is 23.8 Å². The number of carbonyl (C=O) groups is 1. The van der Waals surface area contributed by atoms with E-state index in [4.69, 9.17) is 10.5 Å². The Morgan fingerprint density at radius 1 is 1.44 bits per heavy atom. The first kappa shape index (κ1) is 14.5. The molecule has 1 aromatic carbocycles.